The minimum absolute atomic E-state index is 0.00350. The highest BCUT2D eigenvalue weighted by molar-refractivity contribution is 9.10. The Hall–Kier alpha value is -1.43. The van der Waals surface area contributed by atoms with Gasteiger partial charge < -0.3 is 10.2 Å². The van der Waals surface area contributed by atoms with Crippen LogP contribution in [0, 0.1) is 11.7 Å². The summed E-state index contributed by atoms with van der Waals surface area (Å²) in [7, 11) is 0. The largest absolute Gasteiger partial charge is 0.354 e. The molecule has 2 atom stereocenters. The first kappa shape index (κ1) is 13.5. The molecule has 2 fully saturated rings. The van der Waals surface area contributed by atoms with Crippen LogP contribution in [-0.4, -0.2) is 35.8 Å². The average molecular weight is 341 g/mol. The number of benzene rings is 1. The average Bonchev–Trinajstić information content (AvgIpc) is 2.80. The molecule has 0 bridgehead atoms. The van der Waals surface area contributed by atoms with Crippen molar-refractivity contribution in [3.05, 3.63) is 34.1 Å². The van der Waals surface area contributed by atoms with E-state index in [4.69, 9.17) is 0 Å². The number of fused-ring (bicyclic) bond motifs is 1. The van der Waals surface area contributed by atoms with Crippen molar-refractivity contribution in [2.24, 2.45) is 5.92 Å². The van der Waals surface area contributed by atoms with Gasteiger partial charge in [0.1, 0.15) is 5.82 Å². The number of nitrogens with one attached hydrogen (secondary N) is 1. The summed E-state index contributed by atoms with van der Waals surface area (Å²) in [6.45, 7) is 1.04. The molecule has 6 heteroatoms. The summed E-state index contributed by atoms with van der Waals surface area (Å²) in [5.41, 5.74) is 0.0631. The van der Waals surface area contributed by atoms with Gasteiger partial charge in [0.2, 0.25) is 5.91 Å². The number of piperidine rings is 1. The Morgan fingerprint density at radius 1 is 1.45 bits per heavy atom. The Kier molecular flexibility index (Phi) is 3.50. The van der Waals surface area contributed by atoms with Gasteiger partial charge >= 0.3 is 0 Å². The molecule has 106 valence electrons. The second kappa shape index (κ2) is 5.16. The number of likely N-dealkylation sites (tertiary alicyclic amines) is 1. The summed E-state index contributed by atoms with van der Waals surface area (Å²) in [6, 6.07) is 4.27. The fourth-order valence-electron chi connectivity index (χ4n) is 3.02. The number of hydrogen-bond donors (Lipinski definition) is 1. The number of rotatable bonds is 1. The summed E-state index contributed by atoms with van der Waals surface area (Å²) >= 11 is 3.17. The first-order valence-corrected chi connectivity index (χ1v) is 7.41. The molecule has 2 heterocycles. The van der Waals surface area contributed by atoms with Gasteiger partial charge in [-0.1, -0.05) is 15.9 Å². The van der Waals surface area contributed by atoms with Gasteiger partial charge in [-0.15, -0.1) is 0 Å². The molecular formula is C14H14BrFN2O2. The second-order valence-corrected chi connectivity index (χ2v) is 6.10. The van der Waals surface area contributed by atoms with Gasteiger partial charge in [0.25, 0.3) is 5.91 Å². The van der Waals surface area contributed by atoms with E-state index in [0.717, 1.165) is 12.8 Å². The molecule has 2 amide bonds. The zero-order chi connectivity index (χ0) is 14.3. The standard InChI is InChI=1S/C14H14BrFN2O2/c15-8-3-4-9(11(16)6-8)14(20)18-5-1-2-10-12(18)7-17-13(10)19/h3-4,6,10,12H,1-2,5,7H2,(H,17,19). The van der Waals surface area contributed by atoms with E-state index in [2.05, 4.69) is 21.2 Å². The van der Waals surface area contributed by atoms with Gasteiger partial charge in [0.05, 0.1) is 17.5 Å². The van der Waals surface area contributed by atoms with Crippen LogP contribution in [0.3, 0.4) is 0 Å². The molecule has 0 spiro atoms. The van der Waals surface area contributed by atoms with E-state index in [0.29, 0.717) is 17.6 Å². The lowest BCUT2D eigenvalue weighted by Gasteiger charge is -2.36. The molecule has 2 aliphatic heterocycles. The molecule has 0 aliphatic carbocycles. The second-order valence-electron chi connectivity index (χ2n) is 5.18. The van der Waals surface area contributed by atoms with Crippen LogP contribution in [0.2, 0.25) is 0 Å². The Labute approximate surface area is 124 Å². The number of carbonyl (C=O) groups excluding carboxylic acids is 2. The van der Waals surface area contributed by atoms with E-state index in [1.807, 2.05) is 0 Å². The molecule has 0 aromatic heterocycles. The van der Waals surface area contributed by atoms with Crippen molar-refractivity contribution >= 4 is 27.7 Å². The number of hydrogen-bond acceptors (Lipinski definition) is 2. The maximum absolute atomic E-state index is 13.9. The van der Waals surface area contributed by atoms with Gasteiger partial charge in [0, 0.05) is 17.6 Å². The van der Waals surface area contributed by atoms with Crippen molar-refractivity contribution in [2.45, 2.75) is 18.9 Å². The molecule has 2 saturated heterocycles. The monoisotopic (exact) mass is 340 g/mol. The first-order valence-electron chi connectivity index (χ1n) is 6.61. The van der Waals surface area contributed by atoms with E-state index < -0.39 is 5.82 Å². The summed E-state index contributed by atoms with van der Waals surface area (Å²) in [5, 5.41) is 2.79. The lowest BCUT2D eigenvalue weighted by Crippen LogP contribution is -2.48. The van der Waals surface area contributed by atoms with E-state index in [-0.39, 0.29) is 29.3 Å². The molecule has 2 unspecified atom stereocenters. The van der Waals surface area contributed by atoms with Crippen molar-refractivity contribution in [1.82, 2.24) is 10.2 Å². The van der Waals surface area contributed by atoms with Crippen LogP contribution in [0.15, 0.2) is 22.7 Å². The molecule has 0 radical (unpaired) electrons. The van der Waals surface area contributed by atoms with Crippen LogP contribution in [0.5, 0.6) is 0 Å². The van der Waals surface area contributed by atoms with Gasteiger partial charge in [-0.25, -0.2) is 4.39 Å². The van der Waals surface area contributed by atoms with Crippen molar-refractivity contribution in [1.29, 1.82) is 0 Å². The predicted molar refractivity (Wildman–Crippen MR) is 74.7 cm³/mol. The van der Waals surface area contributed by atoms with E-state index >= 15 is 0 Å². The van der Waals surface area contributed by atoms with Crippen molar-refractivity contribution in [3.8, 4) is 0 Å². The van der Waals surface area contributed by atoms with Gasteiger partial charge in [-0.3, -0.25) is 9.59 Å². The van der Waals surface area contributed by atoms with Crippen molar-refractivity contribution in [3.63, 3.8) is 0 Å². The fourth-order valence-corrected chi connectivity index (χ4v) is 3.35. The van der Waals surface area contributed by atoms with Crippen LogP contribution in [0.1, 0.15) is 23.2 Å². The smallest absolute Gasteiger partial charge is 0.257 e. The SMILES string of the molecule is O=C1NCC2C1CCCN2C(=O)c1ccc(Br)cc1F. The third kappa shape index (κ3) is 2.22. The topological polar surface area (TPSA) is 49.4 Å². The molecular weight excluding hydrogens is 327 g/mol. The predicted octanol–water partition coefficient (Wildman–Crippen LogP) is 1.94. The Balaban J connectivity index is 1.88. The van der Waals surface area contributed by atoms with E-state index in [1.54, 1.807) is 11.0 Å². The van der Waals surface area contributed by atoms with Crippen molar-refractivity contribution in [2.75, 3.05) is 13.1 Å². The van der Waals surface area contributed by atoms with Crippen LogP contribution < -0.4 is 5.32 Å². The Morgan fingerprint density at radius 3 is 3.00 bits per heavy atom. The highest BCUT2D eigenvalue weighted by Crippen LogP contribution is 2.29. The minimum atomic E-state index is -0.538. The lowest BCUT2D eigenvalue weighted by molar-refractivity contribution is -0.123. The highest BCUT2D eigenvalue weighted by Gasteiger charge is 2.43. The molecule has 3 rings (SSSR count). The molecule has 0 saturated carbocycles. The maximum Gasteiger partial charge on any atom is 0.257 e. The van der Waals surface area contributed by atoms with Crippen LogP contribution in [0.4, 0.5) is 4.39 Å². The van der Waals surface area contributed by atoms with Crippen molar-refractivity contribution < 1.29 is 14.0 Å². The number of halogens is 2. The molecule has 1 N–H and O–H groups in total. The molecule has 1 aromatic rings. The highest BCUT2D eigenvalue weighted by atomic mass is 79.9. The van der Waals surface area contributed by atoms with Crippen LogP contribution >= 0.6 is 15.9 Å². The Morgan fingerprint density at radius 2 is 2.25 bits per heavy atom. The maximum atomic E-state index is 13.9. The summed E-state index contributed by atoms with van der Waals surface area (Å²) < 4.78 is 14.5. The normalized spacial score (nSPS) is 25.3. The zero-order valence-corrected chi connectivity index (χ0v) is 12.3. The first-order chi connectivity index (χ1) is 9.58. The summed E-state index contributed by atoms with van der Waals surface area (Å²) in [4.78, 5) is 25.8. The van der Waals surface area contributed by atoms with E-state index in [1.165, 1.54) is 12.1 Å². The van der Waals surface area contributed by atoms with Gasteiger partial charge in [-0.2, -0.15) is 0 Å². The number of nitrogens with zero attached hydrogens (tertiary/aromatic N) is 1. The number of amides is 2. The lowest BCUT2D eigenvalue weighted by atomic mass is 9.91. The zero-order valence-electron chi connectivity index (χ0n) is 10.7. The molecule has 2 aliphatic rings. The summed E-state index contributed by atoms with van der Waals surface area (Å²) in [5.74, 6) is -1.01. The minimum Gasteiger partial charge on any atom is -0.354 e. The molecule has 4 nitrogen and oxygen atoms in total. The van der Waals surface area contributed by atoms with Gasteiger partial charge in [-0.05, 0) is 31.0 Å². The third-order valence-electron chi connectivity index (χ3n) is 4.02. The van der Waals surface area contributed by atoms with Gasteiger partial charge in [0.15, 0.2) is 0 Å². The van der Waals surface area contributed by atoms with Crippen LogP contribution in [-0.2, 0) is 4.79 Å². The quantitative estimate of drug-likeness (QED) is 0.849. The Bertz CT molecular complexity index is 578. The molecule has 1 aromatic carbocycles. The fraction of sp³-hybridized carbons (Fsp3) is 0.429. The van der Waals surface area contributed by atoms with Crippen LogP contribution in [0.25, 0.3) is 0 Å². The third-order valence-corrected chi connectivity index (χ3v) is 4.52. The van der Waals surface area contributed by atoms with E-state index in [9.17, 15) is 14.0 Å². The molecule has 20 heavy (non-hydrogen) atoms. The number of carbonyl (C=O) groups is 2. The summed E-state index contributed by atoms with van der Waals surface area (Å²) in [6.07, 6.45) is 1.57.